The highest BCUT2D eigenvalue weighted by Gasteiger charge is 1.99. The molecule has 0 amide bonds. The summed E-state index contributed by atoms with van der Waals surface area (Å²) in [6, 6.07) is 5.42. The minimum atomic E-state index is -0.963. The average Bonchev–Trinajstić information content (AvgIpc) is 2.11. The van der Waals surface area contributed by atoms with E-state index in [1.54, 1.807) is 12.1 Å². The normalized spacial score (nSPS) is 11.0. The molecule has 1 rings (SSSR count). The fourth-order valence-corrected chi connectivity index (χ4v) is 0.464. The van der Waals surface area contributed by atoms with Crippen molar-refractivity contribution in [2.75, 3.05) is 0 Å². The van der Waals surface area contributed by atoms with Crippen LogP contribution in [0.2, 0.25) is 0 Å². The number of hydrogen-bond acceptors (Lipinski definition) is 4. The van der Waals surface area contributed by atoms with E-state index in [-0.39, 0.29) is 11.5 Å². The number of para-hydroxylation sites is 2. The van der Waals surface area contributed by atoms with Crippen molar-refractivity contribution in [3.63, 3.8) is 0 Å². The summed E-state index contributed by atoms with van der Waals surface area (Å²) in [6.07, 6.45) is 0. The van der Waals surface area contributed by atoms with Crippen LogP contribution in [-0.4, -0.2) is 27.3 Å². The Balaban J connectivity index is 0.000000255. The molecule has 0 aliphatic heterocycles. The van der Waals surface area contributed by atoms with Gasteiger partial charge in [0, 0.05) is 0 Å². The quantitative estimate of drug-likeness (QED) is 0.493. The second-order valence-electron chi connectivity index (χ2n) is 2.62. The van der Waals surface area contributed by atoms with Crippen LogP contribution in [0.3, 0.4) is 0 Å². The first-order valence-electron chi connectivity index (χ1n) is 3.90. The van der Waals surface area contributed by atoms with E-state index in [1.165, 1.54) is 19.1 Å². The van der Waals surface area contributed by atoms with E-state index >= 15 is 0 Å². The maximum Gasteiger partial charge on any atom is 0.320 e. The van der Waals surface area contributed by atoms with E-state index in [9.17, 15) is 4.79 Å². The van der Waals surface area contributed by atoms with Gasteiger partial charge in [0.15, 0.2) is 11.5 Å². The molecule has 1 atom stereocenters. The van der Waals surface area contributed by atoms with Crippen LogP contribution >= 0.6 is 0 Å². The summed E-state index contributed by atoms with van der Waals surface area (Å²) < 4.78 is 0. The Morgan fingerprint density at radius 3 is 1.71 bits per heavy atom. The van der Waals surface area contributed by atoms with Gasteiger partial charge in [0.05, 0.1) is 0 Å². The number of benzene rings is 1. The van der Waals surface area contributed by atoms with Crippen molar-refractivity contribution in [1.82, 2.24) is 0 Å². The lowest BCUT2D eigenvalue weighted by Gasteiger charge is -1.91. The number of phenols is 2. The van der Waals surface area contributed by atoms with Gasteiger partial charge < -0.3 is 21.1 Å². The van der Waals surface area contributed by atoms with Crippen molar-refractivity contribution in [2.45, 2.75) is 13.0 Å². The largest absolute Gasteiger partial charge is 0.504 e. The molecule has 0 unspecified atom stereocenters. The lowest BCUT2D eigenvalue weighted by Crippen LogP contribution is -2.25. The molecule has 5 nitrogen and oxygen atoms in total. The third-order valence-electron chi connectivity index (χ3n) is 1.27. The number of carbonyl (C=O) groups is 1. The molecule has 0 bridgehead atoms. The summed E-state index contributed by atoms with van der Waals surface area (Å²) in [5.74, 6) is -1.12. The van der Waals surface area contributed by atoms with E-state index in [4.69, 9.17) is 21.1 Å². The Labute approximate surface area is 81.4 Å². The first-order chi connectivity index (χ1) is 6.45. The standard InChI is InChI=1S/C6H6O2.C3H7NO2/c7-5-3-1-2-4-6(5)8;1-2(4)3(5)6/h1-4,7-8H;2H,4H2,1H3,(H,5,6)/t;2-/m.0/s1. The van der Waals surface area contributed by atoms with Crippen molar-refractivity contribution in [3.05, 3.63) is 24.3 Å². The Kier molecular flexibility index (Phi) is 5.09. The van der Waals surface area contributed by atoms with Gasteiger partial charge in [0.1, 0.15) is 6.04 Å². The molecule has 1 aromatic carbocycles. The molecule has 0 saturated carbocycles. The van der Waals surface area contributed by atoms with Crippen LogP contribution in [0.25, 0.3) is 0 Å². The molecular weight excluding hydrogens is 186 g/mol. The van der Waals surface area contributed by atoms with Crippen molar-refractivity contribution in [3.8, 4) is 11.5 Å². The van der Waals surface area contributed by atoms with Crippen LogP contribution in [0.5, 0.6) is 11.5 Å². The minimum absolute atomic E-state index is 0.0764. The third kappa shape index (κ3) is 5.00. The first kappa shape index (κ1) is 12.2. The lowest BCUT2D eigenvalue weighted by atomic mass is 10.3. The molecule has 0 aliphatic carbocycles. The van der Waals surface area contributed by atoms with Crippen molar-refractivity contribution in [2.24, 2.45) is 5.73 Å². The zero-order chi connectivity index (χ0) is 11.1. The third-order valence-corrected chi connectivity index (χ3v) is 1.27. The maximum absolute atomic E-state index is 9.57. The van der Waals surface area contributed by atoms with Gasteiger partial charge in [-0.1, -0.05) is 12.1 Å². The average molecular weight is 199 g/mol. The maximum atomic E-state index is 9.57. The van der Waals surface area contributed by atoms with Crippen LogP contribution in [0.4, 0.5) is 0 Å². The number of carboxylic acid groups (broad SMARTS) is 1. The monoisotopic (exact) mass is 199 g/mol. The van der Waals surface area contributed by atoms with Gasteiger partial charge >= 0.3 is 5.97 Å². The fraction of sp³-hybridized carbons (Fsp3) is 0.222. The van der Waals surface area contributed by atoms with Crippen molar-refractivity contribution < 1.29 is 20.1 Å². The molecule has 78 valence electrons. The molecule has 0 aliphatic rings. The molecule has 14 heavy (non-hydrogen) atoms. The SMILES string of the molecule is C[C@H](N)C(=O)O.Oc1ccccc1O. The topological polar surface area (TPSA) is 104 Å². The zero-order valence-corrected chi connectivity index (χ0v) is 7.71. The number of hydrogen-bond donors (Lipinski definition) is 4. The molecule has 0 heterocycles. The molecular formula is C9H13NO4. The number of rotatable bonds is 1. The van der Waals surface area contributed by atoms with E-state index < -0.39 is 12.0 Å². The zero-order valence-electron chi connectivity index (χ0n) is 7.71. The Morgan fingerprint density at radius 1 is 1.29 bits per heavy atom. The highest BCUT2D eigenvalue weighted by atomic mass is 16.4. The molecule has 0 saturated heterocycles. The van der Waals surface area contributed by atoms with Crippen LogP contribution in [-0.2, 0) is 4.79 Å². The molecule has 0 fully saturated rings. The van der Waals surface area contributed by atoms with Crippen LogP contribution < -0.4 is 5.73 Å². The second-order valence-corrected chi connectivity index (χ2v) is 2.62. The second kappa shape index (κ2) is 5.82. The van der Waals surface area contributed by atoms with Gasteiger partial charge in [0.25, 0.3) is 0 Å². The number of carboxylic acids is 1. The van der Waals surface area contributed by atoms with E-state index in [0.717, 1.165) is 0 Å². The van der Waals surface area contributed by atoms with Crippen LogP contribution in [0.15, 0.2) is 24.3 Å². The van der Waals surface area contributed by atoms with Crippen molar-refractivity contribution >= 4 is 5.97 Å². The molecule has 1 aromatic rings. The molecule has 5 N–H and O–H groups in total. The molecule has 5 heteroatoms. The summed E-state index contributed by atoms with van der Waals surface area (Å²) in [6.45, 7) is 1.42. The number of aliphatic carboxylic acids is 1. The van der Waals surface area contributed by atoms with Crippen LogP contribution in [0, 0.1) is 0 Å². The number of nitrogens with two attached hydrogens (primary N) is 1. The Bertz CT molecular complexity index is 278. The van der Waals surface area contributed by atoms with E-state index in [0.29, 0.717) is 0 Å². The Morgan fingerprint density at radius 2 is 1.57 bits per heavy atom. The summed E-state index contributed by atoms with van der Waals surface area (Å²) in [5.41, 5.74) is 4.84. The Hall–Kier alpha value is -1.75. The summed E-state index contributed by atoms with van der Waals surface area (Å²) >= 11 is 0. The van der Waals surface area contributed by atoms with Gasteiger partial charge in [-0.25, -0.2) is 0 Å². The van der Waals surface area contributed by atoms with Gasteiger partial charge in [0.2, 0.25) is 0 Å². The van der Waals surface area contributed by atoms with Gasteiger partial charge in [-0.15, -0.1) is 0 Å². The number of phenolic OH excluding ortho intramolecular Hbond substituents is 2. The van der Waals surface area contributed by atoms with Gasteiger partial charge in [-0.2, -0.15) is 0 Å². The summed E-state index contributed by atoms with van der Waals surface area (Å²) in [4.78, 5) is 9.57. The summed E-state index contributed by atoms with van der Waals surface area (Å²) in [7, 11) is 0. The van der Waals surface area contributed by atoms with Crippen molar-refractivity contribution in [1.29, 1.82) is 0 Å². The first-order valence-corrected chi connectivity index (χ1v) is 3.90. The van der Waals surface area contributed by atoms with E-state index in [1.807, 2.05) is 0 Å². The van der Waals surface area contributed by atoms with E-state index in [2.05, 4.69) is 0 Å². The minimum Gasteiger partial charge on any atom is -0.504 e. The lowest BCUT2D eigenvalue weighted by molar-refractivity contribution is -0.138. The molecule has 0 aromatic heterocycles. The van der Waals surface area contributed by atoms with Crippen LogP contribution in [0.1, 0.15) is 6.92 Å². The van der Waals surface area contributed by atoms with Gasteiger partial charge in [-0.3, -0.25) is 4.79 Å². The molecule has 0 radical (unpaired) electrons. The number of aromatic hydroxyl groups is 2. The smallest absolute Gasteiger partial charge is 0.320 e. The highest BCUT2D eigenvalue weighted by molar-refractivity contribution is 5.72. The highest BCUT2D eigenvalue weighted by Crippen LogP contribution is 2.21. The molecule has 0 spiro atoms. The van der Waals surface area contributed by atoms with Gasteiger partial charge in [-0.05, 0) is 19.1 Å². The predicted octanol–water partition coefficient (Wildman–Crippen LogP) is 0.516. The predicted molar refractivity (Wildman–Crippen MR) is 51.1 cm³/mol. The fourth-order valence-electron chi connectivity index (χ4n) is 0.464. The summed E-state index contributed by atoms with van der Waals surface area (Å²) in [5, 5.41) is 25.2.